The molecule has 0 aromatic carbocycles. The Morgan fingerprint density at radius 2 is 2.14 bits per heavy atom. The molecular weight excluding hydrogens is 201 g/mol. The van der Waals surface area contributed by atoms with Crippen molar-refractivity contribution in [1.82, 2.24) is 9.97 Å². The Labute approximate surface area is 77.7 Å². The van der Waals surface area contributed by atoms with Gasteiger partial charge in [-0.3, -0.25) is 0 Å². The average molecular weight is 208 g/mol. The van der Waals surface area contributed by atoms with Gasteiger partial charge in [-0.1, -0.05) is 0 Å². The lowest BCUT2D eigenvalue weighted by Crippen LogP contribution is -2.19. The Morgan fingerprint density at radius 1 is 1.43 bits per heavy atom. The molecular formula is C7H7F3N2O2. The molecule has 0 unspecified atom stereocenters. The molecule has 0 bridgehead atoms. The molecule has 1 heterocycles. The van der Waals surface area contributed by atoms with Crippen LogP contribution in [0.2, 0.25) is 0 Å². The minimum Gasteiger partial charge on any atom is -0.490 e. The fourth-order valence-electron chi connectivity index (χ4n) is 0.704. The van der Waals surface area contributed by atoms with Crippen molar-refractivity contribution in [3.63, 3.8) is 0 Å². The van der Waals surface area contributed by atoms with Crippen molar-refractivity contribution in [2.24, 2.45) is 0 Å². The molecule has 78 valence electrons. The number of hydrogen-bond donors (Lipinski definition) is 0. The molecule has 0 radical (unpaired) electrons. The molecule has 14 heavy (non-hydrogen) atoms. The molecule has 0 fully saturated rings. The molecule has 4 nitrogen and oxygen atoms in total. The second-order valence-electron chi connectivity index (χ2n) is 2.30. The molecule has 0 aliphatic rings. The predicted molar refractivity (Wildman–Crippen MR) is 40.1 cm³/mol. The van der Waals surface area contributed by atoms with Gasteiger partial charge in [0.25, 0.3) is 5.88 Å². The van der Waals surface area contributed by atoms with E-state index in [-0.39, 0.29) is 11.6 Å². The maximum Gasteiger partial charge on any atom is 0.422 e. The number of halogens is 3. The number of alkyl halides is 3. The van der Waals surface area contributed by atoms with Crippen molar-refractivity contribution < 1.29 is 22.6 Å². The average Bonchev–Trinajstić information content (AvgIpc) is 2.14. The summed E-state index contributed by atoms with van der Waals surface area (Å²) in [5, 5.41) is 0. The summed E-state index contributed by atoms with van der Waals surface area (Å²) in [7, 11) is 1.29. The zero-order chi connectivity index (χ0) is 10.6. The summed E-state index contributed by atoms with van der Waals surface area (Å²) in [6, 6.07) is 0. The largest absolute Gasteiger partial charge is 0.490 e. The Hall–Kier alpha value is -1.53. The lowest BCUT2D eigenvalue weighted by molar-refractivity contribution is -0.154. The molecule has 0 amide bonds. The van der Waals surface area contributed by atoms with Crippen LogP contribution in [0, 0.1) is 0 Å². The minimum atomic E-state index is -4.39. The van der Waals surface area contributed by atoms with E-state index in [4.69, 9.17) is 4.74 Å². The Morgan fingerprint density at radius 3 is 2.71 bits per heavy atom. The summed E-state index contributed by atoms with van der Waals surface area (Å²) in [5.74, 6) is -0.156. The molecule has 0 spiro atoms. The number of hydrogen-bond acceptors (Lipinski definition) is 4. The van der Waals surface area contributed by atoms with Crippen LogP contribution < -0.4 is 9.47 Å². The summed E-state index contributed by atoms with van der Waals surface area (Å²) < 4.78 is 44.4. The van der Waals surface area contributed by atoms with Gasteiger partial charge in [0, 0.05) is 0 Å². The molecule has 1 aromatic rings. The highest BCUT2D eigenvalue weighted by Crippen LogP contribution is 2.24. The predicted octanol–water partition coefficient (Wildman–Crippen LogP) is 1.43. The van der Waals surface area contributed by atoms with Crippen LogP contribution in [-0.4, -0.2) is 29.9 Å². The van der Waals surface area contributed by atoms with Crippen LogP contribution >= 0.6 is 0 Å². The summed E-state index contributed by atoms with van der Waals surface area (Å²) in [5.41, 5.74) is 0. The van der Waals surface area contributed by atoms with E-state index in [9.17, 15) is 13.2 Å². The van der Waals surface area contributed by atoms with Crippen molar-refractivity contribution in [2.75, 3.05) is 13.7 Å². The van der Waals surface area contributed by atoms with Crippen LogP contribution in [0.15, 0.2) is 12.5 Å². The highest BCUT2D eigenvalue weighted by molar-refractivity contribution is 5.29. The number of ether oxygens (including phenoxy) is 2. The van der Waals surface area contributed by atoms with Crippen LogP contribution in [0.25, 0.3) is 0 Å². The van der Waals surface area contributed by atoms with Crippen LogP contribution in [0.5, 0.6) is 11.6 Å². The van der Waals surface area contributed by atoms with Crippen molar-refractivity contribution in [2.45, 2.75) is 6.18 Å². The number of methoxy groups -OCH3 is 1. The molecule has 0 atom stereocenters. The first-order valence-corrected chi connectivity index (χ1v) is 3.56. The third-order valence-corrected chi connectivity index (χ3v) is 1.24. The summed E-state index contributed by atoms with van der Waals surface area (Å²) in [6.45, 7) is -1.40. The third kappa shape index (κ3) is 3.08. The van der Waals surface area contributed by atoms with E-state index >= 15 is 0 Å². The Bertz CT molecular complexity index is 303. The Balaban J connectivity index is 2.67. The van der Waals surface area contributed by atoms with Crippen LogP contribution in [0.3, 0.4) is 0 Å². The van der Waals surface area contributed by atoms with Gasteiger partial charge in [0.1, 0.15) is 6.33 Å². The van der Waals surface area contributed by atoms with Gasteiger partial charge in [0.2, 0.25) is 0 Å². The van der Waals surface area contributed by atoms with Crippen molar-refractivity contribution >= 4 is 0 Å². The first kappa shape index (κ1) is 10.6. The van der Waals surface area contributed by atoms with E-state index in [0.717, 1.165) is 6.33 Å². The van der Waals surface area contributed by atoms with E-state index in [0.29, 0.717) is 0 Å². The summed E-state index contributed by atoms with van der Waals surface area (Å²) in [4.78, 5) is 7.06. The van der Waals surface area contributed by atoms with Gasteiger partial charge in [-0.2, -0.15) is 18.2 Å². The first-order valence-electron chi connectivity index (χ1n) is 3.56. The number of aromatic nitrogens is 2. The highest BCUT2D eigenvalue weighted by atomic mass is 19.4. The van der Waals surface area contributed by atoms with Gasteiger partial charge >= 0.3 is 6.18 Å². The Kier molecular flexibility index (Phi) is 3.10. The van der Waals surface area contributed by atoms with Gasteiger partial charge in [-0.25, -0.2) is 4.98 Å². The molecule has 0 aliphatic carbocycles. The van der Waals surface area contributed by atoms with Crippen LogP contribution in [0.1, 0.15) is 0 Å². The standard InChI is InChI=1S/C7H7F3N2O2/c1-13-5-2-11-4-12-6(5)14-3-7(8,9)10/h2,4H,3H2,1H3. The van der Waals surface area contributed by atoms with E-state index in [2.05, 4.69) is 14.7 Å². The number of nitrogens with zero attached hydrogens (tertiary/aromatic N) is 2. The van der Waals surface area contributed by atoms with E-state index < -0.39 is 12.8 Å². The zero-order valence-electron chi connectivity index (χ0n) is 7.21. The smallest absolute Gasteiger partial charge is 0.422 e. The number of rotatable bonds is 3. The van der Waals surface area contributed by atoms with Gasteiger partial charge in [0.15, 0.2) is 12.4 Å². The van der Waals surface area contributed by atoms with Gasteiger partial charge in [-0.05, 0) is 0 Å². The maximum absolute atomic E-state index is 11.8. The molecule has 0 N–H and O–H groups in total. The van der Waals surface area contributed by atoms with Gasteiger partial charge in [0.05, 0.1) is 13.3 Å². The van der Waals surface area contributed by atoms with E-state index in [1.165, 1.54) is 13.3 Å². The molecule has 0 saturated carbocycles. The lowest BCUT2D eigenvalue weighted by atomic mass is 10.5. The molecule has 0 saturated heterocycles. The van der Waals surface area contributed by atoms with E-state index in [1.54, 1.807) is 0 Å². The third-order valence-electron chi connectivity index (χ3n) is 1.24. The molecule has 1 rings (SSSR count). The topological polar surface area (TPSA) is 44.2 Å². The first-order chi connectivity index (χ1) is 6.53. The summed E-state index contributed by atoms with van der Waals surface area (Å²) in [6.07, 6.45) is -2.09. The quantitative estimate of drug-likeness (QED) is 0.753. The molecule has 7 heteroatoms. The van der Waals surface area contributed by atoms with Crippen molar-refractivity contribution in [3.8, 4) is 11.6 Å². The molecule has 0 aliphatic heterocycles. The zero-order valence-corrected chi connectivity index (χ0v) is 7.21. The minimum absolute atomic E-state index is 0.0664. The van der Waals surface area contributed by atoms with Crippen LogP contribution in [0.4, 0.5) is 13.2 Å². The maximum atomic E-state index is 11.8. The van der Waals surface area contributed by atoms with Crippen LogP contribution in [-0.2, 0) is 0 Å². The lowest BCUT2D eigenvalue weighted by Gasteiger charge is -2.09. The van der Waals surface area contributed by atoms with E-state index in [1.807, 2.05) is 0 Å². The normalized spacial score (nSPS) is 11.1. The fraction of sp³-hybridized carbons (Fsp3) is 0.429. The van der Waals surface area contributed by atoms with Gasteiger partial charge in [-0.15, -0.1) is 0 Å². The monoisotopic (exact) mass is 208 g/mol. The highest BCUT2D eigenvalue weighted by Gasteiger charge is 2.29. The second kappa shape index (κ2) is 4.12. The summed E-state index contributed by atoms with van der Waals surface area (Å²) >= 11 is 0. The second-order valence-corrected chi connectivity index (χ2v) is 2.30. The van der Waals surface area contributed by atoms with Crippen molar-refractivity contribution in [1.29, 1.82) is 0 Å². The SMILES string of the molecule is COc1cncnc1OCC(F)(F)F. The molecule has 1 aromatic heterocycles. The fourth-order valence-corrected chi connectivity index (χ4v) is 0.704. The van der Waals surface area contributed by atoms with Gasteiger partial charge < -0.3 is 9.47 Å². The van der Waals surface area contributed by atoms with Crippen molar-refractivity contribution in [3.05, 3.63) is 12.5 Å².